The Morgan fingerprint density at radius 2 is 1.74 bits per heavy atom. The number of para-hydroxylation sites is 2. The molecule has 0 radical (unpaired) electrons. The Morgan fingerprint density at radius 3 is 2.42 bits per heavy atom. The zero-order valence-electron chi connectivity index (χ0n) is 22.1. The van der Waals surface area contributed by atoms with E-state index in [9.17, 15) is 14.4 Å². The molecule has 1 aromatic heterocycles. The Labute approximate surface area is 224 Å². The molecule has 0 fully saturated rings. The fraction of sp³-hybridized carbons (Fsp3) is 0.310. The van der Waals surface area contributed by atoms with E-state index < -0.39 is 6.04 Å². The van der Waals surface area contributed by atoms with Gasteiger partial charge in [-0.2, -0.15) is 0 Å². The fourth-order valence-electron chi connectivity index (χ4n) is 5.33. The first kappa shape index (κ1) is 25.7. The summed E-state index contributed by atoms with van der Waals surface area (Å²) >= 11 is 1.19. The molecule has 1 atom stereocenters. The predicted octanol–water partition coefficient (Wildman–Crippen LogP) is 2.85. The number of anilines is 1. The van der Waals surface area contributed by atoms with Gasteiger partial charge >= 0.3 is 0 Å². The average Bonchev–Trinajstić information content (AvgIpc) is 3.40. The standard InChI is InChI=1S/C29H30N4O4S/c1-6-31(7-2)26(34)22-17(4)30-29-33(24(22)19-14-10-12-16-21(19)37-5)28(36)25(38-29)23-18-13-9-11-15-20(18)32(8-3)27(23)35/h9-16,24H,6-8H2,1-5H3/b25-23-/t24-/m0/s1. The third-order valence-electron chi connectivity index (χ3n) is 7.18. The second-order valence-corrected chi connectivity index (χ2v) is 10.0. The molecule has 0 N–H and O–H groups in total. The molecule has 38 heavy (non-hydrogen) atoms. The number of likely N-dealkylation sites (N-methyl/N-ethyl adjacent to an activating group) is 2. The van der Waals surface area contributed by atoms with Crippen molar-refractivity contribution in [1.82, 2.24) is 9.47 Å². The lowest BCUT2D eigenvalue weighted by atomic mass is 9.94. The van der Waals surface area contributed by atoms with E-state index in [4.69, 9.17) is 9.73 Å². The summed E-state index contributed by atoms with van der Waals surface area (Å²) in [5, 5.41) is 0. The van der Waals surface area contributed by atoms with Crippen molar-refractivity contribution in [3.05, 3.63) is 90.6 Å². The molecule has 0 bridgehead atoms. The molecule has 5 rings (SSSR count). The zero-order chi connectivity index (χ0) is 27.1. The summed E-state index contributed by atoms with van der Waals surface area (Å²) in [6.45, 7) is 9.10. The summed E-state index contributed by atoms with van der Waals surface area (Å²) in [5.74, 6) is 0.183. The first-order valence-electron chi connectivity index (χ1n) is 12.8. The number of rotatable bonds is 6. The van der Waals surface area contributed by atoms with Gasteiger partial charge in [-0.05, 0) is 39.8 Å². The molecular weight excluding hydrogens is 500 g/mol. The minimum absolute atomic E-state index is 0.176. The molecule has 0 saturated heterocycles. The number of aromatic nitrogens is 1. The maximum Gasteiger partial charge on any atom is 0.271 e. The minimum atomic E-state index is -0.751. The van der Waals surface area contributed by atoms with Gasteiger partial charge in [0.2, 0.25) is 0 Å². The van der Waals surface area contributed by atoms with Crippen LogP contribution >= 0.6 is 11.3 Å². The van der Waals surface area contributed by atoms with E-state index in [0.29, 0.717) is 57.1 Å². The Morgan fingerprint density at radius 1 is 1.05 bits per heavy atom. The molecule has 9 heteroatoms. The molecule has 0 spiro atoms. The topological polar surface area (TPSA) is 84.2 Å². The van der Waals surface area contributed by atoms with E-state index in [0.717, 1.165) is 11.3 Å². The first-order valence-corrected chi connectivity index (χ1v) is 13.6. The molecule has 8 nitrogen and oxygen atoms in total. The summed E-state index contributed by atoms with van der Waals surface area (Å²) in [7, 11) is 1.57. The highest BCUT2D eigenvalue weighted by Gasteiger charge is 2.38. The number of benzene rings is 2. The van der Waals surface area contributed by atoms with Crippen LogP contribution in [-0.2, 0) is 9.59 Å². The van der Waals surface area contributed by atoms with Crippen LogP contribution in [0.15, 0.2) is 69.6 Å². The van der Waals surface area contributed by atoms with Gasteiger partial charge in [0.05, 0.1) is 29.6 Å². The third-order valence-corrected chi connectivity index (χ3v) is 8.23. The van der Waals surface area contributed by atoms with Gasteiger partial charge in [-0.3, -0.25) is 19.0 Å². The van der Waals surface area contributed by atoms with Crippen molar-refractivity contribution < 1.29 is 14.3 Å². The van der Waals surface area contributed by atoms with Crippen molar-refractivity contribution in [2.45, 2.75) is 33.7 Å². The minimum Gasteiger partial charge on any atom is -0.496 e. The number of fused-ring (bicyclic) bond motifs is 2. The van der Waals surface area contributed by atoms with Crippen molar-refractivity contribution in [1.29, 1.82) is 0 Å². The second kappa shape index (κ2) is 10.1. The number of carbonyl (C=O) groups excluding carboxylic acids is 2. The largest absolute Gasteiger partial charge is 0.496 e. The maximum atomic E-state index is 14.3. The number of hydrogen-bond acceptors (Lipinski definition) is 6. The third kappa shape index (κ3) is 3.80. The molecule has 0 unspecified atom stereocenters. The highest BCUT2D eigenvalue weighted by atomic mass is 32.1. The number of amides is 2. The fourth-order valence-corrected chi connectivity index (χ4v) is 6.46. The lowest BCUT2D eigenvalue weighted by molar-refractivity contribution is -0.127. The highest BCUT2D eigenvalue weighted by molar-refractivity contribution is 7.07. The van der Waals surface area contributed by atoms with E-state index >= 15 is 0 Å². The molecular formula is C29H30N4O4S. The highest BCUT2D eigenvalue weighted by Crippen LogP contribution is 2.37. The quantitative estimate of drug-likeness (QED) is 0.491. The Hall–Kier alpha value is -3.98. The van der Waals surface area contributed by atoms with Crippen molar-refractivity contribution in [3.8, 4) is 5.75 Å². The van der Waals surface area contributed by atoms with Crippen molar-refractivity contribution in [3.63, 3.8) is 0 Å². The second-order valence-electron chi connectivity index (χ2n) is 9.06. The van der Waals surface area contributed by atoms with Gasteiger partial charge in [-0.25, -0.2) is 4.99 Å². The van der Waals surface area contributed by atoms with Crippen LogP contribution in [0.25, 0.3) is 5.57 Å². The lowest BCUT2D eigenvalue weighted by Crippen LogP contribution is -2.43. The number of ether oxygens (including phenoxy) is 1. The molecule has 3 heterocycles. The summed E-state index contributed by atoms with van der Waals surface area (Å²) < 4.78 is 7.55. The summed E-state index contributed by atoms with van der Waals surface area (Å²) in [4.78, 5) is 50.2. The molecule has 2 amide bonds. The van der Waals surface area contributed by atoms with Gasteiger partial charge in [0, 0.05) is 30.8 Å². The number of hydrogen-bond donors (Lipinski definition) is 0. The van der Waals surface area contributed by atoms with Crippen molar-refractivity contribution >= 4 is 34.4 Å². The Kier molecular flexibility index (Phi) is 6.79. The molecule has 2 aromatic carbocycles. The number of methoxy groups -OCH3 is 1. The monoisotopic (exact) mass is 530 g/mol. The molecule has 2 aliphatic rings. The van der Waals surface area contributed by atoms with Gasteiger partial charge in [0.25, 0.3) is 17.4 Å². The normalized spacial score (nSPS) is 17.8. The van der Waals surface area contributed by atoms with Gasteiger partial charge in [-0.15, -0.1) is 0 Å². The Balaban J connectivity index is 1.85. The predicted molar refractivity (Wildman–Crippen MR) is 148 cm³/mol. The number of thiazole rings is 1. The van der Waals surface area contributed by atoms with Crippen molar-refractivity contribution in [2.24, 2.45) is 4.99 Å². The van der Waals surface area contributed by atoms with Crippen LogP contribution in [0.4, 0.5) is 5.69 Å². The number of carbonyl (C=O) groups is 2. The van der Waals surface area contributed by atoms with E-state index in [2.05, 4.69) is 0 Å². The van der Waals surface area contributed by atoms with Crippen LogP contribution in [0.2, 0.25) is 0 Å². The summed E-state index contributed by atoms with van der Waals surface area (Å²) in [6.07, 6.45) is 0. The molecule has 2 aliphatic heterocycles. The van der Waals surface area contributed by atoms with E-state index in [1.807, 2.05) is 69.3 Å². The van der Waals surface area contributed by atoms with Gasteiger partial charge < -0.3 is 14.5 Å². The van der Waals surface area contributed by atoms with Gasteiger partial charge in [0.15, 0.2) is 4.80 Å². The zero-order valence-corrected chi connectivity index (χ0v) is 23.0. The SMILES string of the molecule is CCN(CC)C(=O)C1=C(C)N=c2s/c(=C3\C(=O)N(CC)c4ccccc43)c(=O)n2[C@H]1c1ccccc1OC. The summed E-state index contributed by atoms with van der Waals surface area (Å²) in [5.41, 5.74) is 3.20. The van der Waals surface area contributed by atoms with Crippen LogP contribution in [0, 0.1) is 0 Å². The summed E-state index contributed by atoms with van der Waals surface area (Å²) in [6, 6.07) is 14.2. The van der Waals surface area contributed by atoms with Gasteiger partial charge in [0.1, 0.15) is 16.3 Å². The maximum absolute atomic E-state index is 14.3. The average molecular weight is 531 g/mol. The van der Waals surface area contributed by atoms with Crippen LogP contribution in [0.1, 0.15) is 44.9 Å². The van der Waals surface area contributed by atoms with Crippen LogP contribution in [0.5, 0.6) is 5.75 Å². The van der Waals surface area contributed by atoms with Gasteiger partial charge in [-0.1, -0.05) is 47.7 Å². The van der Waals surface area contributed by atoms with Crippen LogP contribution < -0.4 is 24.5 Å². The molecule has 196 valence electrons. The van der Waals surface area contributed by atoms with Crippen LogP contribution in [-0.4, -0.2) is 48.0 Å². The van der Waals surface area contributed by atoms with Crippen molar-refractivity contribution in [2.75, 3.05) is 31.6 Å². The molecule has 0 aliphatic carbocycles. The Bertz CT molecular complexity index is 1660. The van der Waals surface area contributed by atoms with E-state index in [1.54, 1.807) is 28.4 Å². The number of nitrogens with zero attached hydrogens (tertiary/aromatic N) is 4. The first-order chi connectivity index (χ1) is 18.4. The van der Waals surface area contributed by atoms with Crippen LogP contribution in [0.3, 0.4) is 0 Å². The molecule has 0 saturated carbocycles. The lowest BCUT2D eigenvalue weighted by Gasteiger charge is -2.29. The molecule has 3 aromatic rings. The number of allylic oxidation sites excluding steroid dienone is 1. The van der Waals surface area contributed by atoms with E-state index in [-0.39, 0.29) is 17.4 Å². The smallest absolute Gasteiger partial charge is 0.271 e. The van der Waals surface area contributed by atoms with E-state index in [1.165, 1.54) is 11.3 Å².